The lowest BCUT2D eigenvalue weighted by molar-refractivity contribution is -0.127. The average molecular weight is 291 g/mol. The van der Waals surface area contributed by atoms with Gasteiger partial charge in [-0.15, -0.1) is 0 Å². The van der Waals surface area contributed by atoms with Crippen molar-refractivity contribution in [3.63, 3.8) is 0 Å². The normalized spacial score (nSPS) is 20.6. The summed E-state index contributed by atoms with van der Waals surface area (Å²) in [5.74, 6) is 0.547. The molecule has 0 saturated heterocycles. The lowest BCUT2D eigenvalue weighted by atomic mass is 10.2. The number of amides is 1. The molecule has 106 valence electrons. The fourth-order valence-corrected chi connectivity index (χ4v) is 2.54. The average Bonchev–Trinajstić information content (AvgIpc) is 3.29. The summed E-state index contributed by atoms with van der Waals surface area (Å²) in [6.45, 7) is 0.426. The van der Waals surface area contributed by atoms with Crippen LogP contribution in [0, 0.1) is 0 Å². The summed E-state index contributed by atoms with van der Waals surface area (Å²) in [5, 5.41) is 6.60. The molecule has 6 heteroatoms. The van der Waals surface area contributed by atoms with Gasteiger partial charge in [0.05, 0.1) is 12.2 Å². The number of carbonyl (C=O) groups is 1. The van der Waals surface area contributed by atoms with E-state index in [9.17, 15) is 4.79 Å². The molecule has 2 aliphatic rings. The topological polar surface area (TPSA) is 53.6 Å². The second-order valence-corrected chi connectivity index (χ2v) is 5.41. The summed E-state index contributed by atoms with van der Waals surface area (Å²) in [7, 11) is 1.61. The van der Waals surface area contributed by atoms with Gasteiger partial charge in [-0.3, -0.25) is 4.79 Å². The molecular formula is C14H17N3O2S. The van der Waals surface area contributed by atoms with E-state index in [1.54, 1.807) is 7.05 Å². The van der Waals surface area contributed by atoms with Gasteiger partial charge in [-0.05, 0) is 37.2 Å². The number of likely N-dealkylation sites (N-methyl/N-ethyl adjacent to an activating group) is 1. The number of benzene rings is 1. The molecule has 0 unspecified atom stereocenters. The zero-order valence-corrected chi connectivity index (χ0v) is 12.1. The van der Waals surface area contributed by atoms with Crippen LogP contribution in [0.25, 0.3) is 0 Å². The first-order chi connectivity index (χ1) is 9.69. The molecule has 3 rings (SSSR count). The Hall–Kier alpha value is -1.82. The molecule has 1 aromatic carbocycles. The minimum atomic E-state index is -0.547. The number of nitrogens with zero attached hydrogens (tertiary/aromatic N) is 1. The van der Waals surface area contributed by atoms with E-state index in [4.69, 9.17) is 17.0 Å². The van der Waals surface area contributed by atoms with E-state index >= 15 is 0 Å². The van der Waals surface area contributed by atoms with Crippen molar-refractivity contribution in [3.8, 4) is 5.75 Å². The van der Waals surface area contributed by atoms with Crippen LogP contribution in [0.15, 0.2) is 24.3 Å². The number of ether oxygens (including phenoxy) is 1. The van der Waals surface area contributed by atoms with Crippen molar-refractivity contribution in [3.05, 3.63) is 24.3 Å². The maximum absolute atomic E-state index is 11.9. The van der Waals surface area contributed by atoms with Crippen molar-refractivity contribution in [2.45, 2.75) is 25.0 Å². The Kier molecular flexibility index (Phi) is 3.48. The first-order valence-electron chi connectivity index (χ1n) is 6.74. The highest BCUT2D eigenvalue weighted by Crippen LogP contribution is 2.33. The SMILES string of the molecule is CNC(=O)[C@H]1CN(C(=S)NC2CC2)c2ccccc2O1. The van der Waals surface area contributed by atoms with Crippen LogP contribution in [-0.2, 0) is 4.79 Å². The molecule has 1 amide bonds. The number of hydrogen-bond acceptors (Lipinski definition) is 3. The Morgan fingerprint density at radius 2 is 2.15 bits per heavy atom. The third-order valence-corrected chi connectivity index (χ3v) is 3.80. The second-order valence-electron chi connectivity index (χ2n) is 5.02. The van der Waals surface area contributed by atoms with Crippen molar-refractivity contribution in [1.82, 2.24) is 10.6 Å². The van der Waals surface area contributed by atoms with Gasteiger partial charge in [-0.25, -0.2) is 0 Å². The molecule has 0 bridgehead atoms. The van der Waals surface area contributed by atoms with E-state index in [-0.39, 0.29) is 5.91 Å². The fraction of sp³-hybridized carbons (Fsp3) is 0.429. The van der Waals surface area contributed by atoms with Gasteiger partial charge in [0.1, 0.15) is 5.75 Å². The van der Waals surface area contributed by atoms with Crippen LogP contribution < -0.4 is 20.3 Å². The van der Waals surface area contributed by atoms with E-state index in [1.165, 1.54) is 0 Å². The largest absolute Gasteiger partial charge is 0.477 e. The second kappa shape index (κ2) is 5.28. The summed E-state index contributed by atoms with van der Waals surface area (Å²) in [6.07, 6.45) is 1.77. The highest BCUT2D eigenvalue weighted by atomic mass is 32.1. The first-order valence-corrected chi connectivity index (χ1v) is 7.15. The van der Waals surface area contributed by atoms with E-state index in [0.717, 1.165) is 18.5 Å². The van der Waals surface area contributed by atoms with Gasteiger partial charge in [0.2, 0.25) is 0 Å². The van der Waals surface area contributed by atoms with Gasteiger partial charge in [-0.2, -0.15) is 0 Å². The molecule has 1 aliphatic carbocycles. The summed E-state index contributed by atoms with van der Waals surface area (Å²) in [4.78, 5) is 13.8. The lowest BCUT2D eigenvalue weighted by Gasteiger charge is -2.35. The summed E-state index contributed by atoms with van der Waals surface area (Å²) < 4.78 is 5.74. The lowest BCUT2D eigenvalue weighted by Crippen LogP contribution is -2.52. The molecule has 0 radical (unpaired) electrons. The van der Waals surface area contributed by atoms with Crippen LogP contribution in [-0.4, -0.2) is 36.8 Å². The number of rotatable bonds is 2. The van der Waals surface area contributed by atoms with Gasteiger partial charge in [0, 0.05) is 13.1 Å². The number of para-hydroxylation sites is 2. The summed E-state index contributed by atoms with van der Waals surface area (Å²) in [6, 6.07) is 8.12. The standard InChI is InChI=1S/C14H17N3O2S/c1-15-13(18)12-8-17(14(20)16-9-6-7-9)10-4-2-3-5-11(10)19-12/h2-5,9,12H,6-8H2,1H3,(H,15,18)(H,16,20)/t12-/m1/s1. The molecule has 1 aromatic rings. The smallest absolute Gasteiger partial charge is 0.262 e. The molecule has 1 fully saturated rings. The van der Waals surface area contributed by atoms with Crippen molar-refractivity contribution in [2.24, 2.45) is 0 Å². The van der Waals surface area contributed by atoms with E-state index in [0.29, 0.717) is 23.4 Å². The monoisotopic (exact) mass is 291 g/mol. The number of thiocarbonyl (C=S) groups is 1. The molecule has 1 saturated carbocycles. The maximum atomic E-state index is 11.9. The van der Waals surface area contributed by atoms with Crippen molar-refractivity contribution < 1.29 is 9.53 Å². The minimum Gasteiger partial charge on any atom is -0.477 e. The van der Waals surface area contributed by atoms with E-state index in [1.807, 2.05) is 29.2 Å². The zero-order chi connectivity index (χ0) is 14.1. The molecule has 1 atom stereocenters. The van der Waals surface area contributed by atoms with Crippen molar-refractivity contribution >= 4 is 28.9 Å². The summed E-state index contributed by atoms with van der Waals surface area (Å²) in [5.41, 5.74) is 0.908. The number of carbonyl (C=O) groups excluding carboxylic acids is 1. The predicted molar refractivity (Wildman–Crippen MR) is 81.0 cm³/mol. The van der Waals surface area contributed by atoms with Crippen molar-refractivity contribution in [1.29, 1.82) is 0 Å². The number of anilines is 1. The highest BCUT2D eigenvalue weighted by molar-refractivity contribution is 7.80. The zero-order valence-electron chi connectivity index (χ0n) is 11.3. The highest BCUT2D eigenvalue weighted by Gasteiger charge is 2.33. The van der Waals surface area contributed by atoms with Crippen LogP contribution >= 0.6 is 12.2 Å². The van der Waals surface area contributed by atoms with Gasteiger partial charge < -0.3 is 20.3 Å². The molecule has 0 spiro atoms. The molecular weight excluding hydrogens is 274 g/mol. The van der Waals surface area contributed by atoms with Gasteiger partial charge in [0.15, 0.2) is 11.2 Å². The molecule has 5 nitrogen and oxygen atoms in total. The van der Waals surface area contributed by atoms with Crippen LogP contribution in [0.4, 0.5) is 5.69 Å². The summed E-state index contributed by atoms with van der Waals surface area (Å²) >= 11 is 5.47. The minimum absolute atomic E-state index is 0.140. The van der Waals surface area contributed by atoms with Crippen LogP contribution in [0.1, 0.15) is 12.8 Å². The molecule has 2 N–H and O–H groups in total. The van der Waals surface area contributed by atoms with Gasteiger partial charge in [0.25, 0.3) is 5.91 Å². The number of hydrogen-bond donors (Lipinski definition) is 2. The van der Waals surface area contributed by atoms with Gasteiger partial charge >= 0.3 is 0 Å². The number of nitrogens with one attached hydrogen (secondary N) is 2. The van der Waals surface area contributed by atoms with Crippen molar-refractivity contribution in [2.75, 3.05) is 18.5 Å². The molecule has 0 aromatic heterocycles. The Balaban J connectivity index is 1.86. The number of fused-ring (bicyclic) bond motifs is 1. The van der Waals surface area contributed by atoms with E-state index in [2.05, 4.69) is 10.6 Å². The van der Waals surface area contributed by atoms with Crippen LogP contribution in [0.5, 0.6) is 5.75 Å². The molecule has 1 heterocycles. The Morgan fingerprint density at radius 1 is 1.40 bits per heavy atom. The fourth-order valence-electron chi connectivity index (χ4n) is 2.20. The molecule has 1 aliphatic heterocycles. The van der Waals surface area contributed by atoms with Gasteiger partial charge in [-0.1, -0.05) is 12.1 Å². The quantitative estimate of drug-likeness (QED) is 0.797. The third-order valence-electron chi connectivity index (χ3n) is 3.46. The predicted octanol–water partition coefficient (Wildman–Crippen LogP) is 1.04. The van der Waals surface area contributed by atoms with E-state index < -0.39 is 6.10 Å². The Bertz CT molecular complexity index is 545. The Morgan fingerprint density at radius 3 is 2.85 bits per heavy atom. The van der Waals surface area contributed by atoms with Crippen LogP contribution in [0.3, 0.4) is 0 Å². The first kappa shape index (κ1) is 13.2. The Labute approximate surface area is 123 Å². The molecule has 20 heavy (non-hydrogen) atoms. The van der Waals surface area contributed by atoms with Crippen LogP contribution in [0.2, 0.25) is 0 Å². The third kappa shape index (κ3) is 2.56. The maximum Gasteiger partial charge on any atom is 0.262 e.